The van der Waals surface area contributed by atoms with E-state index in [1.54, 1.807) is 18.7 Å². The number of aliphatic hydroxyl groups is 1. The molecule has 2 aromatic rings. The molecule has 20 heavy (non-hydrogen) atoms. The van der Waals surface area contributed by atoms with Gasteiger partial charge in [0.05, 0.1) is 6.10 Å². The lowest BCUT2D eigenvalue weighted by atomic mass is 10.1. The third-order valence-corrected chi connectivity index (χ3v) is 5.72. The number of benzene rings is 2. The van der Waals surface area contributed by atoms with Crippen LogP contribution in [0.1, 0.15) is 36.1 Å². The van der Waals surface area contributed by atoms with Crippen LogP contribution in [0, 0.1) is 0 Å². The predicted molar refractivity (Wildman–Crippen MR) is 87.4 cm³/mol. The lowest BCUT2D eigenvalue weighted by Crippen LogP contribution is -1.91. The van der Waals surface area contributed by atoms with E-state index in [0.717, 1.165) is 10.0 Å². The Balaban J connectivity index is 1.84. The zero-order valence-electron chi connectivity index (χ0n) is 11.4. The van der Waals surface area contributed by atoms with Crippen LogP contribution in [-0.2, 0) is 12.8 Å². The van der Waals surface area contributed by atoms with Crippen molar-refractivity contribution in [3.8, 4) is 0 Å². The Labute approximate surface area is 132 Å². The summed E-state index contributed by atoms with van der Waals surface area (Å²) in [6.07, 6.45) is 3.31. The second kappa shape index (κ2) is 5.92. The van der Waals surface area contributed by atoms with Crippen molar-refractivity contribution in [2.75, 3.05) is 0 Å². The van der Waals surface area contributed by atoms with Crippen LogP contribution in [0.25, 0.3) is 0 Å². The monoisotopic (exact) mass is 348 g/mol. The number of hydrogen-bond acceptors (Lipinski definition) is 2. The Morgan fingerprint density at radius 1 is 1.10 bits per heavy atom. The molecular weight excluding hydrogens is 332 g/mol. The van der Waals surface area contributed by atoms with Gasteiger partial charge in [0, 0.05) is 14.3 Å². The van der Waals surface area contributed by atoms with Gasteiger partial charge in [0.1, 0.15) is 0 Å². The molecule has 1 aliphatic carbocycles. The van der Waals surface area contributed by atoms with E-state index in [9.17, 15) is 5.11 Å². The number of halogens is 1. The molecule has 0 saturated heterocycles. The second-order valence-corrected chi connectivity index (χ2v) is 7.22. The van der Waals surface area contributed by atoms with Gasteiger partial charge in [-0.25, -0.2) is 0 Å². The second-order valence-electron chi connectivity index (χ2n) is 5.25. The van der Waals surface area contributed by atoms with Gasteiger partial charge in [-0.1, -0.05) is 23.9 Å². The summed E-state index contributed by atoms with van der Waals surface area (Å²) in [5.74, 6) is 0. The van der Waals surface area contributed by atoms with Gasteiger partial charge in [-0.15, -0.1) is 0 Å². The highest BCUT2D eigenvalue weighted by Gasteiger charge is 2.12. The lowest BCUT2D eigenvalue weighted by Gasteiger charge is -2.10. The molecule has 3 rings (SSSR count). The summed E-state index contributed by atoms with van der Waals surface area (Å²) in [7, 11) is 0. The Bertz CT molecular complexity index is 637. The van der Waals surface area contributed by atoms with E-state index in [-0.39, 0.29) is 0 Å². The molecule has 0 heterocycles. The van der Waals surface area contributed by atoms with Gasteiger partial charge >= 0.3 is 0 Å². The van der Waals surface area contributed by atoms with Crippen molar-refractivity contribution in [2.45, 2.75) is 42.1 Å². The summed E-state index contributed by atoms with van der Waals surface area (Å²) in [6.45, 7) is 1.79. The van der Waals surface area contributed by atoms with Crippen molar-refractivity contribution < 1.29 is 5.11 Å². The van der Waals surface area contributed by atoms with Crippen molar-refractivity contribution in [1.29, 1.82) is 0 Å². The highest BCUT2D eigenvalue weighted by Crippen LogP contribution is 2.36. The Hall–Kier alpha value is -0.770. The van der Waals surface area contributed by atoms with Crippen LogP contribution >= 0.6 is 27.7 Å². The summed E-state index contributed by atoms with van der Waals surface area (Å²) in [5.41, 5.74) is 3.96. The molecular formula is C17H17BrOS. The minimum atomic E-state index is -0.426. The van der Waals surface area contributed by atoms with Crippen LogP contribution in [0.3, 0.4) is 0 Å². The van der Waals surface area contributed by atoms with Gasteiger partial charge in [-0.3, -0.25) is 0 Å². The third kappa shape index (κ3) is 2.95. The number of aryl methyl sites for hydroxylation is 2. The summed E-state index contributed by atoms with van der Waals surface area (Å²) in [4.78, 5) is 2.48. The first-order valence-electron chi connectivity index (χ1n) is 6.90. The maximum Gasteiger partial charge on any atom is 0.0762 e. The molecule has 0 aliphatic heterocycles. The first-order valence-corrected chi connectivity index (χ1v) is 8.51. The molecule has 1 nitrogen and oxygen atoms in total. The van der Waals surface area contributed by atoms with E-state index in [1.807, 2.05) is 12.1 Å². The van der Waals surface area contributed by atoms with E-state index in [4.69, 9.17) is 0 Å². The predicted octanol–water partition coefficient (Wildman–Crippen LogP) is 5.14. The van der Waals surface area contributed by atoms with Crippen molar-refractivity contribution >= 4 is 27.7 Å². The summed E-state index contributed by atoms with van der Waals surface area (Å²) in [5, 5.41) is 9.61. The van der Waals surface area contributed by atoms with E-state index in [0.29, 0.717) is 0 Å². The molecule has 0 aromatic heterocycles. The van der Waals surface area contributed by atoms with Crippen LogP contribution in [0.5, 0.6) is 0 Å². The largest absolute Gasteiger partial charge is 0.389 e. The molecule has 104 valence electrons. The maximum absolute atomic E-state index is 9.61. The molecule has 0 bridgehead atoms. The van der Waals surface area contributed by atoms with Crippen molar-refractivity contribution in [3.63, 3.8) is 0 Å². The van der Waals surface area contributed by atoms with Crippen LogP contribution in [0.2, 0.25) is 0 Å². The highest BCUT2D eigenvalue weighted by atomic mass is 79.9. The van der Waals surface area contributed by atoms with Gasteiger partial charge in [-0.2, -0.15) is 0 Å². The number of hydrogen-bond donors (Lipinski definition) is 1. The minimum Gasteiger partial charge on any atom is -0.389 e. The lowest BCUT2D eigenvalue weighted by molar-refractivity contribution is 0.199. The number of aliphatic hydroxyl groups excluding tert-OH is 1. The van der Waals surface area contributed by atoms with E-state index >= 15 is 0 Å². The molecule has 0 fully saturated rings. The van der Waals surface area contributed by atoms with Gasteiger partial charge in [-0.05, 0) is 83.1 Å². The van der Waals surface area contributed by atoms with Crippen LogP contribution in [-0.4, -0.2) is 5.11 Å². The van der Waals surface area contributed by atoms with Crippen molar-refractivity contribution in [2.24, 2.45) is 0 Å². The molecule has 0 spiro atoms. The molecule has 3 heteroatoms. The van der Waals surface area contributed by atoms with E-state index in [1.165, 1.54) is 40.2 Å². The molecule has 0 saturated carbocycles. The number of fused-ring (bicyclic) bond motifs is 1. The summed E-state index contributed by atoms with van der Waals surface area (Å²) < 4.78 is 1.04. The topological polar surface area (TPSA) is 20.2 Å². The van der Waals surface area contributed by atoms with Crippen LogP contribution in [0.15, 0.2) is 50.7 Å². The molecule has 1 atom stereocenters. The van der Waals surface area contributed by atoms with E-state index < -0.39 is 6.10 Å². The normalized spacial score (nSPS) is 15.2. The maximum atomic E-state index is 9.61. The van der Waals surface area contributed by atoms with E-state index in [2.05, 4.69) is 40.2 Å². The molecule has 1 N–H and O–H groups in total. The fraction of sp³-hybridized carbons (Fsp3) is 0.294. The zero-order chi connectivity index (χ0) is 14.1. The highest BCUT2D eigenvalue weighted by molar-refractivity contribution is 9.10. The van der Waals surface area contributed by atoms with Crippen molar-refractivity contribution in [1.82, 2.24) is 0 Å². The van der Waals surface area contributed by atoms with Crippen LogP contribution < -0.4 is 0 Å². The molecule has 0 radical (unpaired) electrons. The van der Waals surface area contributed by atoms with Crippen molar-refractivity contribution in [3.05, 3.63) is 57.6 Å². The Morgan fingerprint density at radius 3 is 2.65 bits per heavy atom. The van der Waals surface area contributed by atoms with Crippen LogP contribution in [0.4, 0.5) is 0 Å². The molecule has 1 unspecified atom stereocenters. The zero-order valence-corrected chi connectivity index (χ0v) is 13.8. The SMILES string of the molecule is CC(O)c1ccc(Sc2ccc3c(c2)CCC3)c(Br)c1. The Kier molecular flexibility index (Phi) is 4.20. The van der Waals surface area contributed by atoms with Gasteiger partial charge in [0.15, 0.2) is 0 Å². The molecule has 0 amide bonds. The standard InChI is InChI=1S/C17H17BrOS/c1-11(19)13-6-8-17(16(18)10-13)20-15-7-5-12-3-2-4-14(12)9-15/h5-11,19H,2-4H2,1H3. The average Bonchev–Trinajstić information content (AvgIpc) is 2.88. The fourth-order valence-corrected chi connectivity index (χ4v) is 4.12. The van der Waals surface area contributed by atoms with Gasteiger partial charge < -0.3 is 5.11 Å². The van der Waals surface area contributed by atoms with Gasteiger partial charge in [0.25, 0.3) is 0 Å². The number of rotatable bonds is 3. The Morgan fingerprint density at radius 2 is 1.90 bits per heavy atom. The quantitative estimate of drug-likeness (QED) is 0.828. The molecule has 1 aliphatic rings. The molecule has 2 aromatic carbocycles. The first kappa shape index (κ1) is 14.2. The summed E-state index contributed by atoms with van der Waals surface area (Å²) in [6, 6.07) is 12.9. The summed E-state index contributed by atoms with van der Waals surface area (Å²) >= 11 is 5.38. The third-order valence-electron chi connectivity index (χ3n) is 3.74. The fourth-order valence-electron chi connectivity index (χ4n) is 2.60. The minimum absolute atomic E-state index is 0.426. The van der Waals surface area contributed by atoms with Gasteiger partial charge in [0.2, 0.25) is 0 Å². The smallest absolute Gasteiger partial charge is 0.0762 e. The first-order chi connectivity index (χ1) is 9.63. The average molecular weight is 349 g/mol.